The molecule has 2 heterocycles. The fraction of sp³-hybridized carbons (Fsp3) is 0.0690. The molecule has 0 spiro atoms. The molecular weight excluding hydrogens is 482 g/mol. The Morgan fingerprint density at radius 1 is 0.974 bits per heavy atom. The van der Waals surface area contributed by atoms with Crippen LogP contribution in [0.25, 0.3) is 38.7 Å². The van der Waals surface area contributed by atoms with Gasteiger partial charge in [-0.15, -0.1) is 0 Å². The Kier molecular flexibility index (Phi) is 5.65. The van der Waals surface area contributed by atoms with Crippen molar-refractivity contribution in [2.75, 3.05) is 11.9 Å². The van der Waals surface area contributed by atoms with Gasteiger partial charge in [-0.05, 0) is 37.3 Å². The first-order chi connectivity index (χ1) is 18.5. The second-order valence-electron chi connectivity index (χ2n) is 8.90. The molecule has 4 aromatic carbocycles. The number of hydrogen-bond donors (Lipinski definition) is 1. The number of carbonyl (C=O) groups excluding carboxylic acids is 1. The first-order valence-corrected chi connectivity index (χ1v) is 11.9. The van der Waals surface area contributed by atoms with E-state index >= 15 is 0 Å². The van der Waals surface area contributed by atoms with Crippen molar-refractivity contribution >= 4 is 44.7 Å². The average molecular weight is 504 g/mol. The lowest BCUT2D eigenvalue weighted by molar-refractivity contribution is -0.384. The van der Waals surface area contributed by atoms with Gasteiger partial charge in [0.25, 0.3) is 11.6 Å². The Labute approximate surface area is 216 Å². The number of non-ortho nitro benzene ring substituents is 1. The van der Waals surface area contributed by atoms with Crippen LogP contribution in [0, 0.1) is 17.0 Å². The number of hydrogen-bond acceptors (Lipinski definition) is 6. The van der Waals surface area contributed by atoms with Crippen molar-refractivity contribution < 1.29 is 14.5 Å². The van der Waals surface area contributed by atoms with Crippen LogP contribution >= 0.6 is 0 Å². The summed E-state index contributed by atoms with van der Waals surface area (Å²) in [4.78, 5) is 27.6. The number of benzene rings is 4. The topological polar surface area (TPSA) is 112 Å². The number of nitrogens with one attached hydrogen (secondary N) is 1. The summed E-state index contributed by atoms with van der Waals surface area (Å²) < 4.78 is 7.30. The molecule has 0 saturated carbocycles. The molecule has 0 saturated heterocycles. The summed E-state index contributed by atoms with van der Waals surface area (Å²) in [6.07, 6.45) is 0. The lowest BCUT2D eigenvalue weighted by Gasteiger charge is -2.09. The molecule has 1 amide bonds. The van der Waals surface area contributed by atoms with Crippen molar-refractivity contribution in [2.45, 2.75) is 6.92 Å². The van der Waals surface area contributed by atoms with Crippen LogP contribution in [0.15, 0.2) is 91.0 Å². The molecule has 0 atom stereocenters. The van der Waals surface area contributed by atoms with Crippen molar-refractivity contribution in [1.29, 1.82) is 0 Å². The molecule has 9 nitrogen and oxygen atoms in total. The highest BCUT2D eigenvalue weighted by Crippen LogP contribution is 2.31. The number of carbonyl (C=O) groups is 1. The van der Waals surface area contributed by atoms with Crippen LogP contribution in [0.5, 0.6) is 5.75 Å². The first-order valence-electron chi connectivity index (χ1n) is 11.9. The number of nitrogens with zero attached hydrogens (tertiary/aromatic N) is 4. The Balaban J connectivity index is 1.30. The molecule has 0 bridgehead atoms. The lowest BCUT2D eigenvalue weighted by atomic mass is 10.0. The number of nitro groups is 1. The number of fused-ring (bicyclic) bond motifs is 5. The zero-order chi connectivity index (χ0) is 26.2. The van der Waals surface area contributed by atoms with Gasteiger partial charge in [-0.25, -0.2) is 9.50 Å². The molecule has 9 heteroatoms. The molecule has 0 radical (unpaired) electrons. The Morgan fingerprint density at radius 2 is 1.71 bits per heavy atom. The van der Waals surface area contributed by atoms with Gasteiger partial charge in [0.2, 0.25) is 0 Å². The molecule has 2 aromatic heterocycles. The Hall–Kier alpha value is -5.31. The smallest absolute Gasteiger partial charge is 0.269 e. The maximum absolute atomic E-state index is 12.5. The van der Waals surface area contributed by atoms with E-state index in [0.29, 0.717) is 17.0 Å². The molecule has 0 fully saturated rings. The van der Waals surface area contributed by atoms with Crippen molar-refractivity contribution in [2.24, 2.45) is 0 Å². The van der Waals surface area contributed by atoms with E-state index in [1.54, 1.807) is 12.1 Å². The zero-order valence-electron chi connectivity index (χ0n) is 20.3. The predicted octanol–water partition coefficient (Wildman–Crippen LogP) is 5.94. The molecule has 1 N–H and O–H groups in total. The number of aromatic nitrogens is 3. The maximum Gasteiger partial charge on any atom is 0.269 e. The molecule has 6 rings (SSSR count). The second-order valence-corrected chi connectivity index (χ2v) is 8.90. The van der Waals surface area contributed by atoms with Gasteiger partial charge >= 0.3 is 0 Å². The highest BCUT2D eigenvalue weighted by molar-refractivity contribution is 6.04. The number of anilines is 1. The molecule has 186 valence electrons. The fourth-order valence-corrected chi connectivity index (χ4v) is 4.39. The van der Waals surface area contributed by atoms with Gasteiger partial charge in [-0.2, -0.15) is 5.10 Å². The van der Waals surface area contributed by atoms with Gasteiger partial charge in [-0.3, -0.25) is 14.9 Å². The molecule has 38 heavy (non-hydrogen) atoms. The zero-order valence-corrected chi connectivity index (χ0v) is 20.3. The van der Waals surface area contributed by atoms with Crippen LogP contribution in [0.4, 0.5) is 11.4 Å². The largest absolute Gasteiger partial charge is 0.484 e. The van der Waals surface area contributed by atoms with Crippen LogP contribution in [0.3, 0.4) is 0 Å². The second kappa shape index (κ2) is 9.29. The van der Waals surface area contributed by atoms with Crippen molar-refractivity contribution in [3.63, 3.8) is 0 Å². The summed E-state index contributed by atoms with van der Waals surface area (Å²) in [5.74, 6) is 0.000542. The Bertz CT molecular complexity index is 1840. The summed E-state index contributed by atoms with van der Waals surface area (Å²) in [6.45, 7) is 1.81. The monoisotopic (exact) mass is 503 g/mol. The fourth-order valence-electron chi connectivity index (χ4n) is 4.39. The summed E-state index contributed by atoms with van der Waals surface area (Å²) >= 11 is 0. The van der Waals surface area contributed by atoms with E-state index in [1.165, 1.54) is 29.8 Å². The van der Waals surface area contributed by atoms with Crippen molar-refractivity contribution in [3.05, 3.63) is 107 Å². The standard InChI is InChI=1S/C29H21N5O4/c1-18-6-8-19(9-7-18)28-23-4-2-3-5-24(23)29-31-25-16-20(10-15-26(25)33(29)32-28)30-27(35)17-38-22-13-11-21(12-14-22)34(36)37/h2-16H,17H2,1H3,(H,30,35). The van der Waals surface area contributed by atoms with Crippen molar-refractivity contribution in [1.82, 2.24) is 14.6 Å². The third kappa shape index (κ3) is 4.26. The molecule has 0 aliphatic heterocycles. The van der Waals surface area contributed by atoms with Crippen LogP contribution in [0.1, 0.15) is 5.56 Å². The van der Waals surface area contributed by atoms with Gasteiger partial charge in [-0.1, -0.05) is 54.1 Å². The van der Waals surface area contributed by atoms with Gasteiger partial charge in [0.1, 0.15) is 5.75 Å². The van der Waals surface area contributed by atoms with Gasteiger partial charge in [0.15, 0.2) is 12.3 Å². The first kappa shape index (κ1) is 23.1. The quantitative estimate of drug-likeness (QED) is 0.222. The molecule has 0 unspecified atom stereocenters. The average Bonchev–Trinajstić information content (AvgIpc) is 3.30. The minimum Gasteiger partial charge on any atom is -0.484 e. The molecule has 6 aromatic rings. The van der Waals surface area contributed by atoms with E-state index in [9.17, 15) is 14.9 Å². The Morgan fingerprint density at radius 3 is 2.45 bits per heavy atom. The van der Waals surface area contributed by atoms with Crippen LogP contribution in [-0.4, -0.2) is 32.0 Å². The van der Waals surface area contributed by atoms with Gasteiger partial charge in [0.05, 0.1) is 21.7 Å². The summed E-state index contributed by atoms with van der Waals surface area (Å²) in [5, 5.41) is 20.6. The van der Waals surface area contributed by atoms with Gasteiger partial charge in [0, 0.05) is 34.2 Å². The molecular formula is C29H21N5O4. The third-order valence-corrected chi connectivity index (χ3v) is 6.28. The maximum atomic E-state index is 12.5. The number of ether oxygens (including phenoxy) is 1. The summed E-state index contributed by atoms with van der Waals surface area (Å²) in [5.41, 5.74) is 5.84. The molecule has 0 aliphatic rings. The van der Waals surface area contributed by atoms with E-state index in [1.807, 2.05) is 34.8 Å². The molecule has 0 aliphatic carbocycles. The number of nitro benzene ring substituents is 1. The predicted molar refractivity (Wildman–Crippen MR) is 145 cm³/mol. The summed E-state index contributed by atoms with van der Waals surface area (Å²) in [7, 11) is 0. The normalized spacial score (nSPS) is 11.2. The minimum absolute atomic E-state index is 0.0455. The number of aryl methyl sites for hydroxylation is 1. The van der Waals surface area contributed by atoms with E-state index < -0.39 is 4.92 Å². The third-order valence-electron chi connectivity index (χ3n) is 6.28. The van der Waals surface area contributed by atoms with E-state index in [0.717, 1.165) is 33.2 Å². The lowest BCUT2D eigenvalue weighted by Crippen LogP contribution is -2.20. The number of amides is 1. The minimum atomic E-state index is -0.492. The van der Waals surface area contributed by atoms with E-state index in [4.69, 9.17) is 14.8 Å². The SMILES string of the molecule is Cc1ccc(-c2nn3c4ccc(NC(=O)COc5ccc([N+](=O)[O-])cc5)cc4nc3c3ccccc23)cc1. The van der Waals surface area contributed by atoms with E-state index in [2.05, 4.69) is 36.5 Å². The van der Waals surface area contributed by atoms with Crippen molar-refractivity contribution in [3.8, 4) is 17.0 Å². The van der Waals surface area contributed by atoms with Crippen LogP contribution in [0.2, 0.25) is 0 Å². The summed E-state index contributed by atoms with van der Waals surface area (Å²) in [6, 6.07) is 27.4. The van der Waals surface area contributed by atoms with Crippen LogP contribution in [-0.2, 0) is 4.79 Å². The van der Waals surface area contributed by atoms with Gasteiger partial charge < -0.3 is 10.1 Å². The highest BCUT2D eigenvalue weighted by atomic mass is 16.6. The highest BCUT2D eigenvalue weighted by Gasteiger charge is 2.15. The number of imidazole rings is 1. The number of rotatable bonds is 6. The van der Waals surface area contributed by atoms with E-state index in [-0.39, 0.29) is 18.2 Å². The van der Waals surface area contributed by atoms with Crippen LogP contribution < -0.4 is 10.1 Å².